The Hall–Kier alpha value is -3.40. The van der Waals surface area contributed by atoms with Gasteiger partial charge in [0.1, 0.15) is 11.6 Å². The molecule has 7 nitrogen and oxygen atoms in total. The van der Waals surface area contributed by atoms with E-state index in [4.69, 9.17) is 5.26 Å². The third kappa shape index (κ3) is 5.32. The minimum Gasteiger partial charge on any atom is -0.350 e. The van der Waals surface area contributed by atoms with Crippen molar-refractivity contribution in [1.29, 1.82) is 5.26 Å². The Morgan fingerprint density at radius 2 is 1.93 bits per heavy atom. The van der Waals surface area contributed by atoms with Crippen molar-refractivity contribution in [3.05, 3.63) is 62.6 Å². The third-order valence-corrected chi connectivity index (χ3v) is 4.96. The number of hydrogen-bond donors (Lipinski definition) is 3. The van der Waals surface area contributed by atoms with Crippen LogP contribution in [0.25, 0.3) is 0 Å². The van der Waals surface area contributed by atoms with Crippen LogP contribution in [0.2, 0.25) is 0 Å². The molecule has 3 N–H and O–H groups in total. The van der Waals surface area contributed by atoms with Crippen molar-refractivity contribution in [3.8, 4) is 6.07 Å². The van der Waals surface area contributed by atoms with Gasteiger partial charge in [-0.2, -0.15) is 5.26 Å². The number of aromatic nitrogens is 1. The second kappa shape index (κ2) is 9.69. The number of pyridine rings is 1. The van der Waals surface area contributed by atoms with Crippen molar-refractivity contribution in [1.82, 2.24) is 10.3 Å². The van der Waals surface area contributed by atoms with Crippen LogP contribution in [0.3, 0.4) is 0 Å². The SMILES string of the molecule is CCC(C)NC(=O)c1ccccc1NC(=O)CCc1c(C)[nH]c(=O)c(C#N)c1C. The van der Waals surface area contributed by atoms with Gasteiger partial charge in [0.25, 0.3) is 11.5 Å². The number of aromatic amines is 1. The number of carbonyl (C=O) groups excluding carboxylic acids is 2. The maximum Gasteiger partial charge on any atom is 0.266 e. The second-order valence-corrected chi connectivity index (χ2v) is 7.05. The first kappa shape index (κ1) is 21.9. The third-order valence-electron chi connectivity index (χ3n) is 4.96. The smallest absolute Gasteiger partial charge is 0.266 e. The van der Waals surface area contributed by atoms with Crippen molar-refractivity contribution >= 4 is 17.5 Å². The fourth-order valence-corrected chi connectivity index (χ4v) is 3.07. The molecule has 0 radical (unpaired) electrons. The van der Waals surface area contributed by atoms with Crippen molar-refractivity contribution in [2.75, 3.05) is 5.32 Å². The molecule has 0 aliphatic carbocycles. The number of aryl methyl sites for hydroxylation is 1. The number of hydrogen-bond acceptors (Lipinski definition) is 4. The van der Waals surface area contributed by atoms with Gasteiger partial charge < -0.3 is 15.6 Å². The zero-order valence-electron chi connectivity index (χ0n) is 17.2. The molecule has 0 fully saturated rings. The summed E-state index contributed by atoms with van der Waals surface area (Å²) in [5.74, 6) is -0.487. The highest BCUT2D eigenvalue weighted by Crippen LogP contribution is 2.18. The van der Waals surface area contributed by atoms with Gasteiger partial charge in [-0.1, -0.05) is 19.1 Å². The normalized spacial score (nSPS) is 11.4. The standard InChI is InChI=1S/C22H26N4O3/c1-5-13(2)24-21(28)17-8-6-7-9-19(17)26-20(27)11-10-16-14(3)18(12-23)22(29)25-15(16)4/h6-9,13H,5,10-11H2,1-4H3,(H,24,28)(H,25,29)(H,26,27). The summed E-state index contributed by atoms with van der Waals surface area (Å²) in [5.41, 5.74) is 2.52. The van der Waals surface area contributed by atoms with Crippen LogP contribution in [-0.4, -0.2) is 22.8 Å². The Bertz CT molecular complexity index is 1020. The Morgan fingerprint density at radius 3 is 2.59 bits per heavy atom. The van der Waals surface area contributed by atoms with E-state index in [0.29, 0.717) is 28.9 Å². The lowest BCUT2D eigenvalue weighted by Crippen LogP contribution is -2.32. The molecular formula is C22H26N4O3. The summed E-state index contributed by atoms with van der Waals surface area (Å²) in [5, 5.41) is 14.9. The number of nitriles is 1. The molecule has 7 heteroatoms. The van der Waals surface area contributed by atoms with E-state index in [2.05, 4.69) is 15.6 Å². The Labute approximate surface area is 170 Å². The predicted molar refractivity (Wildman–Crippen MR) is 112 cm³/mol. The molecule has 0 bridgehead atoms. The fraction of sp³-hybridized carbons (Fsp3) is 0.364. The Morgan fingerprint density at radius 1 is 1.24 bits per heavy atom. The zero-order chi connectivity index (χ0) is 21.6. The van der Waals surface area contributed by atoms with E-state index in [-0.39, 0.29) is 29.8 Å². The maximum absolute atomic E-state index is 12.5. The van der Waals surface area contributed by atoms with Crippen molar-refractivity contribution in [3.63, 3.8) is 0 Å². The van der Waals surface area contributed by atoms with Gasteiger partial charge in [0, 0.05) is 18.2 Å². The lowest BCUT2D eigenvalue weighted by Gasteiger charge is -2.15. The van der Waals surface area contributed by atoms with Crippen LogP contribution in [0, 0.1) is 25.2 Å². The van der Waals surface area contributed by atoms with Crippen LogP contribution in [0.5, 0.6) is 0 Å². The summed E-state index contributed by atoms with van der Waals surface area (Å²) < 4.78 is 0. The number of benzene rings is 1. The lowest BCUT2D eigenvalue weighted by atomic mass is 9.99. The second-order valence-electron chi connectivity index (χ2n) is 7.05. The van der Waals surface area contributed by atoms with Gasteiger partial charge in [0.05, 0.1) is 11.3 Å². The van der Waals surface area contributed by atoms with E-state index in [0.717, 1.165) is 12.0 Å². The Balaban J connectivity index is 2.13. The van der Waals surface area contributed by atoms with E-state index >= 15 is 0 Å². The molecule has 29 heavy (non-hydrogen) atoms. The molecule has 1 atom stereocenters. The number of anilines is 1. The van der Waals surface area contributed by atoms with Crippen LogP contribution < -0.4 is 16.2 Å². The minimum atomic E-state index is -0.419. The molecule has 0 saturated heterocycles. The van der Waals surface area contributed by atoms with Gasteiger partial charge in [0.15, 0.2) is 0 Å². The first-order valence-electron chi connectivity index (χ1n) is 9.60. The van der Waals surface area contributed by atoms with Crippen molar-refractivity contribution < 1.29 is 9.59 Å². The molecule has 2 amide bonds. The molecule has 152 valence electrons. The van der Waals surface area contributed by atoms with Gasteiger partial charge in [-0.15, -0.1) is 0 Å². The van der Waals surface area contributed by atoms with Crippen LogP contribution in [0.15, 0.2) is 29.1 Å². The lowest BCUT2D eigenvalue weighted by molar-refractivity contribution is -0.116. The number of amides is 2. The first-order valence-corrected chi connectivity index (χ1v) is 9.60. The number of nitrogens with one attached hydrogen (secondary N) is 3. The number of H-pyrrole nitrogens is 1. The average molecular weight is 394 g/mol. The number of rotatable bonds is 7. The largest absolute Gasteiger partial charge is 0.350 e. The van der Waals surface area contributed by atoms with E-state index in [1.807, 2.05) is 19.9 Å². The van der Waals surface area contributed by atoms with Crippen molar-refractivity contribution in [2.45, 2.75) is 53.0 Å². The highest BCUT2D eigenvalue weighted by molar-refractivity contribution is 6.03. The molecule has 1 heterocycles. The maximum atomic E-state index is 12.5. The van der Waals surface area contributed by atoms with Crippen LogP contribution in [-0.2, 0) is 11.2 Å². The summed E-state index contributed by atoms with van der Waals surface area (Å²) in [6.07, 6.45) is 1.33. The van der Waals surface area contributed by atoms with Crippen LogP contribution >= 0.6 is 0 Å². The van der Waals surface area contributed by atoms with Gasteiger partial charge in [0.2, 0.25) is 5.91 Å². The number of nitrogens with zero attached hydrogens (tertiary/aromatic N) is 1. The van der Waals surface area contributed by atoms with Crippen LogP contribution in [0.4, 0.5) is 5.69 Å². The molecule has 1 aromatic carbocycles. The highest BCUT2D eigenvalue weighted by atomic mass is 16.2. The molecule has 0 saturated carbocycles. The first-order chi connectivity index (χ1) is 13.8. The van der Waals surface area contributed by atoms with Gasteiger partial charge >= 0.3 is 0 Å². The van der Waals surface area contributed by atoms with E-state index < -0.39 is 5.56 Å². The average Bonchev–Trinajstić information content (AvgIpc) is 2.68. The summed E-state index contributed by atoms with van der Waals surface area (Å²) in [7, 11) is 0. The van der Waals surface area contributed by atoms with E-state index in [9.17, 15) is 14.4 Å². The topological polar surface area (TPSA) is 115 Å². The van der Waals surface area contributed by atoms with Gasteiger partial charge in [-0.3, -0.25) is 14.4 Å². The Kier molecular flexibility index (Phi) is 7.32. The van der Waals surface area contributed by atoms with Crippen molar-refractivity contribution in [2.24, 2.45) is 0 Å². The number of para-hydroxylation sites is 1. The molecule has 2 aromatic rings. The van der Waals surface area contributed by atoms with Gasteiger partial charge in [-0.05, 0) is 56.9 Å². The summed E-state index contributed by atoms with van der Waals surface area (Å²) in [6.45, 7) is 7.36. The highest BCUT2D eigenvalue weighted by Gasteiger charge is 2.16. The zero-order valence-corrected chi connectivity index (χ0v) is 17.2. The summed E-state index contributed by atoms with van der Waals surface area (Å²) in [6, 6.07) is 8.80. The molecule has 2 rings (SSSR count). The summed E-state index contributed by atoms with van der Waals surface area (Å²) >= 11 is 0. The van der Waals surface area contributed by atoms with Crippen LogP contribution in [0.1, 0.15) is 59.4 Å². The number of carbonyl (C=O) groups is 2. The molecule has 0 aliphatic heterocycles. The fourth-order valence-electron chi connectivity index (χ4n) is 3.07. The molecular weight excluding hydrogens is 368 g/mol. The molecule has 0 aliphatic rings. The quantitative estimate of drug-likeness (QED) is 0.669. The molecule has 1 aromatic heterocycles. The van der Waals surface area contributed by atoms with Gasteiger partial charge in [-0.25, -0.2) is 0 Å². The predicted octanol–water partition coefficient (Wildman–Crippen LogP) is 2.96. The molecule has 0 spiro atoms. The monoisotopic (exact) mass is 394 g/mol. The molecule has 1 unspecified atom stereocenters. The summed E-state index contributed by atoms with van der Waals surface area (Å²) in [4.78, 5) is 39.4. The van der Waals surface area contributed by atoms with E-state index in [1.165, 1.54) is 0 Å². The van der Waals surface area contributed by atoms with E-state index in [1.54, 1.807) is 38.1 Å². The minimum absolute atomic E-state index is 0.0341.